The number of halogens is 3. The van der Waals surface area contributed by atoms with Crippen molar-refractivity contribution in [2.24, 2.45) is 5.92 Å². The third kappa shape index (κ3) is 4.42. The number of amides is 1. The molecule has 1 saturated heterocycles. The Balaban J connectivity index is 0.00000208. The second kappa shape index (κ2) is 8.72. The van der Waals surface area contributed by atoms with Crippen molar-refractivity contribution in [1.29, 1.82) is 0 Å². The van der Waals surface area contributed by atoms with Gasteiger partial charge in [-0.15, -0.1) is 12.4 Å². The molecule has 0 radical (unpaired) electrons. The molecule has 1 amide bonds. The maximum atomic E-state index is 12.2. The van der Waals surface area contributed by atoms with E-state index in [-0.39, 0.29) is 24.2 Å². The van der Waals surface area contributed by atoms with Crippen LogP contribution in [0.25, 0.3) is 11.1 Å². The molecule has 0 aliphatic carbocycles. The van der Waals surface area contributed by atoms with Crippen LogP contribution >= 0.6 is 35.6 Å². The summed E-state index contributed by atoms with van der Waals surface area (Å²) in [5.74, 6) is 0.174. The summed E-state index contributed by atoms with van der Waals surface area (Å²) in [5, 5.41) is 7.46. The number of hydrogen-bond donors (Lipinski definition) is 2. The molecule has 0 saturated carbocycles. The molecule has 0 bridgehead atoms. The molecule has 2 N–H and O–H groups in total. The van der Waals surface area contributed by atoms with Crippen molar-refractivity contribution in [1.82, 2.24) is 10.6 Å². The third-order valence-corrected chi connectivity index (χ3v) is 4.67. The van der Waals surface area contributed by atoms with Gasteiger partial charge in [0.25, 0.3) is 0 Å². The fourth-order valence-corrected chi connectivity index (χ4v) is 3.36. The minimum absolute atomic E-state index is 0. The zero-order valence-corrected chi connectivity index (χ0v) is 15.3. The summed E-state index contributed by atoms with van der Waals surface area (Å²) in [7, 11) is 0. The smallest absolute Gasteiger partial charge is 0.224 e. The average molecular weight is 386 g/mol. The highest BCUT2D eigenvalue weighted by atomic mass is 35.5. The van der Waals surface area contributed by atoms with Crippen LogP contribution in [0.15, 0.2) is 42.5 Å². The quantitative estimate of drug-likeness (QED) is 0.823. The molecule has 1 aliphatic rings. The van der Waals surface area contributed by atoms with Gasteiger partial charge in [0.05, 0.1) is 5.92 Å². The molecule has 0 spiro atoms. The van der Waals surface area contributed by atoms with Crippen molar-refractivity contribution in [3.8, 4) is 11.1 Å². The maximum Gasteiger partial charge on any atom is 0.224 e. The van der Waals surface area contributed by atoms with Gasteiger partial charge in [0, 0.05) is 28.7 Å². The Labute approximate surface area is 158 Å². The van der Waals surface area contributed by atoms with E-state index in [1.165, 1.54) is 0 Å². The van der Waals surface area contributed by atoms with Crippen LogP contribution < -0.4 is 10.6 Å². The minimum Gasteiger partial charge on any atom is -0.352 e. The van der Waals surface area contributed by atoms with Crippen LogP contribution in [-0.4, -0.2) is 19.0 Å². The minimum atomic E-state index is 0. The van der Waals surface area contributed by atoms with Gasteiger partial charge < -0.3 is 10.6 Å². The number of nitrogens with one attached hydrogen (secondary N) is 2. The maximum absolute atomic E-state index is 12.2. The molecule has 2 aromatic rings. The second-order valence-electron chi connectivity index (χ2n) is 5.69. The van der Waals surface area contributed by atoms with Crippen LogP contribution in [0.5, 0.6) is 0 Å². The molecule has 1 heterocycles. The van der Waals surface area contributed by atoms with E-state index in [2.05, 4.69) is 10.6 Å². The highest BCUT2D eigenvalue weighted by molar-refractivity contribution is 6.36. The molecule has 3 nitrogen and oxygen atoms in total. The van der Waals surface area contributed by atoms with Gasteiger partial charge in [-0.2, -0.15) is 0 Å². The van der Waals surface area contributed by atoms with Crippen LogP contribution in [0.4, 0.5) is 0 Å². The van der Waals surface area contributed by atoms with Crippen molar-refractivity contribution < 1.29 is 4.79 Å². The Morgan fingerprint density at radius 2 is 1.96 bits per heavy atom. The lowest BCUT2D eigenvalue weighted by molar-refractivity contribution is -0.124. The van der Waals surface area contributed by atoms with Crippen LogP contribution in [0.2, 0.25) is 10.0 Å². The first-order valence-corrected chi connectivity index (χ1v) is 8.42. The van der Waals surface area contributed by atoms with Gasteiger partial charge in [-0.25, -0.2) is 0 Å². The van der Waals surface area contributed by atoms with Gasteiger partial charge in [0.1, 0.15) is 0 Å². The summed E-state index contributed by atoms with van der Waals surface area (Å²) >= 11 is 12.3. The van der Waals surface area contributed by atoms with Crippen molar-refractivity contribution in [2.45, 2.75) is 13.0 Å². The summed E-state index contributed by atoms with van der Waals surface area (Å²) in [6, 6.07) is 13.4. The molecule has 2 aromatic carbocycles. The van der Waals surface area contributed by atoms with Crippen LogP contribution in [0.1, 0.15) is 12.0 Å². The van der Waals surface area contributed by atoms with Gasteiger partial charge in [-0.3, -0.25) is 4.79 Å². The number of rotatable bonds is 4. The lowest BCUT2D eigenvalue weighted by Gasteiger charge is -2.14. The molecule has 3 rings (SSSR count). The van der Waals surface area contributed by atoms with Gasteiger partial charge in [0.2, 0.25) is 5.91 Å². The van der Waals surface area contributed by atoms with E-state index < -0.39 is 0 Å². The van der Waals surface area contributed by atoms with Gasteiger partial charge in [-0.1, -0.05) is 53.5 Å². The molecular weight excluding hydrogens is 367 g/mol. The predicted octanol–water partition coefficient (Wildman–Crippen LogP) is 4.31. The van der Waals surface area contributed by atoms with Crippen LogP contribution in [0.3, 0.4) is 0 Å². The highest BCUT2D eigenvalue weighted by Gasteiger charge is 2.22. The SMILES string of the molecule is Cl.O=C(NCc1ccccc1-c1ccc(Cl)cc1Cl)C1CCNC1. The van der Waals surface area contributed by atoms with Gasteiger partial charge >= 0.3 is 0 Å². The lowest BCUT2D eigenvalue weighted by Crippen LogP contribution is -2.31. The fourth-order valence-electron chi connectivity index (χ4n) is 2.85. The predicted molar refractivity (Wildman–Crippen MR) is 102 cm³/mol. The monoisotopic (exact) mass is 384 g/mol. The molecule has 1 unspecified atom stereocenters. The molecular formula is C18H19Cl3N2O. The van der Waals surface area contributed by atoms with E-state index in [4.69, 9.17) is 23.2 Å². The molecule has 0 aromatic heterocycles. The standard InChI is InChI=1S/C18H18Cl2N2O.ClH/c19-14-5-6-16(17(20)9-14)15-4-2-1-3-12(15)11-22-18(23)13-7-8-21-10-13;/h1-6,9,13,21H,7-8,10-11H2,(H,22,23);1H. The molecule has 128 valence electrons. The first-order chi connectivity index (χ1) is 11.1. The third-order valence-electron chi connectivity index (χ3n) is 4.12. The molecule has 6 heteroatoms. The van der Waals surface area contributed by atoms with E-state index in [1.54, 1.807) is 6.07 Å². The number of hydrogen-bond acceptors (Lipinski definition) is 2. The lowest BCUT2D eigenvalue weighted by atomic mass is 9.99. The number of carbonyl (C=O) groups excluding carboxylic acids is 1. The summed E-state index contributed by atoms with van der Waals surface area (Å²) in [4.78, 5) is 12.2. The topological polar surface area (TPSA) is 41.1 Å². The van der Waals surface area contributed by atoms with Crippen LogP contribution in [-0.2, 0) is 11.3 Å². The number of carbonyl (C=O) groups is 1. The van der Waals surface area contributed by atoms with Gasteiger partial charge in [-0.05, 0) is 36.2 Å². The normalized spacial score (nSPS) is 16.5. The number of benzene rings is 2. The van der Waals surface area contributed by atoms with E-state index in [1.807, 2.05) is 36.4 Å². The summed E-state index contributed by atoms with van der Waals surface area (Å²) in [5.41, 5.74) is 2.97. The Kier molecular flexibility index (Phi) is 6.93. The summed E-state index contributed by atoms with van der Waals surface area (Å²) < 4.78 is 0. The molecule has 1 fully saturated rings. The summed E-state index contributed by atoms with van der Waals surface area (Å²) in [6.45, 7) is 2.16. The Morgan fingerprint density at radius 1 is 1.17 bits per heavy atom. The van der Waals surface area contributed by atoms with E-state index in [0.717, 1.165) is 36.2 Å². The van der Waals surface area contributed by atoms with Crippen molar-refractivity contribution in [3.05, 3.63) is 58.1 Å². The van der Waals surface area contributed by atoms with Crippen molar-refractivity contribution in [3.63, 3.8) is 0 Å². The first-order valence-electron chi connectivity index (χ1n) is 7.67. The van der Waals surface area contributed by atoms with E-state index in [0.29, 0.717) is 16.6 Å². The Bertz CT molecular complexity index is 715. The van der Waals surface area contributed by atoms with Gasteiger partial charge in [0.15, 0.2) is 0 Å². The van der Waals surface area contributed by atoms with Crippen molar-refractivity contribution in [2.75, 3.05) is 13.1 Å². The molecule has 24 heavy (non-hydrogen) atoms. The van der Waals surface area contributed by atoms with E-state index >= 15 is 0 Å². The van der Waals surface area contributed by atoms with E-state index in [9.17, 15) is 4.79 Å². The van der Waals surface area contributed by atoms with Crippen LogP contribution in [0, 0.1) is 5.92 Å². The average Bonchev–Trinajstić information content (AvgIpc) is 3.08. The Morgan fingerprint density at radius 3 is 2.67 bits per heavy atom. The zero-order valence-electron chi connectivity index (χ0n) is 13.0. The fraction of sp³-hybridized carbons (Fsp3) is 0.278. The zero-order chi connectivity index (χ0) is 16.2. The van der Waals surface area contributed by atoms with Crippen molar-refractivity contribution >= 4 is 41.5 Å². The highest BCUT2D eigenvalue weighted by Crippen LogP contribution is 2.32. The Hall–Kier alpha value is -1.26. The second-order valence-corrected chi connectivity index (χ2v) is 6.53. The molecule has 1 atom stereocenters. The first kappa shape index (κ1) is 19.1. The largest absolute Gasteiger partial charge is 0.352 e. The summed E-state index contributed by atoms with van der Waals surface area (Å²) in [6.07, 6.45) is 0.899. The molecule has 1 aliphatic heterocycles.